The third-order valence-corrected chi connectivity index (χ3v) is 7.31. The second kappa shape index (κ2) is 8.54. The molecule has 4 aliphatic rings. The zero-order valence-electron chi connectivity index (χ0n) is 17.4. The molecule has 32 heavy (non-hydrogen) atoms. The molecule has 1 heterocycles. The number of carbonyl (C=O) groups excluding carboxylic acids is 3. The van der Waals surface area contributed by atoms with E-state index >= 15 is 0 Å². The van der Waals surface area contributed by atoms with Crippen LogP contribution in [-0.2, 0) is 16.0 Å². The van der Waals surface area contributed by atoms with E-state index in [1.807, 2.05) is 42.5 Å². The van der Waals surface area contributed by atoms with Gasteiger partial charge in [0, 0.05) is 16.6 Å². The monoisotopic (exact) mass is 493 g/mol. The Bertz CT molecular complexity index is 1040. The number of nitrogens with one attached hydrogen (secondary N) is 2. The summed E-state index contributed by atoms with van der Waals surface area (Å²) < 4.78 is 0.907. The number of fused-ring (bicyclic) bond motifs is 1. The van der Waals surface area contributed by atoms with Gasteiger partial charge in [0.05, 0.1) is 11.8 Å². The zero-order chi connectivity index (χ0) is 22.2. The van der Waals surface area contributed by atoms with Gasteiger partial charge in [0.2, 0.25) is 11.8 Å². The predicted octanol–water partition coefficient (Wildman–Crippen LogP) is 4.34. The van der Waals surface area contributed by atoms with Crippen LogP contribution in [0.5, 0.6) is 0 Å². The first kappa shape index (κ1) is 20.9. The van der Waals surface area contributed by atoms with Crippen LogP contribution in [0.2, 0.25) is 0 Å². The Morgan fingerprint density at radius 3 is 2.09 bits per heavy atom. The topological polar surface area (TPSA) is 78.5 Å². The maximum atomic E-state index is 13.4. The number of nitrogens with zero attached hydrogens (tertiary/aromatic N) is 1. The van der Waals surface area contributed by atoms with E-state index in [9.17, 15) is 14.4 Å². The van der Waals surface area contributed by atoms with Crippen LogP contribution >= 0.6 is 15.9 Å². The molecule has 2 aromatic rings. The highest BCUT2D eigenvalue weighted by Gasteiger charge is 2.58. The van der Waals surface area contributed by atoms with Crippen LogP contribution in [0, 0.1) is 23.7 Å². The molecule has 2 aromatic carbocycles. The number of allylic oxidation sites excluding steroid dienone is 2. The molecule has 2 N–H and O–H groups in total. The molecule has 4 amide bonds. The van der Waals surface area contributed by atoms with Crippen LogP contribution in [0.3, 0.4) is 0 Å². The van der Waals surface area contributed by atoms with Crippen LogP contribution in [0.15, 0.2) is 71.2 Å². The smallest absolute Gasteiger partial charge is 0.317 e. The highest BCUT2D eigenvalue weighted by molar-refractivity contribution is 9.10. The predicted molar refractivity (Wildman–Crippen MR) is 124 cm³/mol. The molecule has 1 saturated carbocycles. The summed E-state index contributed by atoms with van der Waals surface area (Å²) in [6.07, 6.45) is 5.69. The maximum Gasteiger partial charge on any atom is 0.320 e. The minimum atomic E-state index is -0.752. The fourth-order valence-electron chi connectivity index (χ4n) is 5.30. The lowest BCUT2D eigenvalue weighted by Crippen LogP contribution is -2.53. The average molecular weight is 494 g/mol. The SMILES string of the molecule is O=C(Nc1ccc(Br)cc1)N[C@H](Cc1ccccc1)N1C(=O)[C@@H]2[C@@H](C1=O)[C@H]1C=C[C@H]2CC1. The van der Waals surface area contributed by atoms with Gasteiger partial charge in [0.25, 0.3) is 0 Å². The number of carbonyl (C=O) groups is 3. The molecule has 2 fully saturated rings. The Balaban J connectivity index is 1.40. The van der Waals surface area contributed by atoms with Crippen LogP contribution in [0.25, 0.3) is 0 Å². The first-order chi connectivity index (χ1) is 15.5. The van der Waals surface area contributed by atoms with Gasteiger partial charge in [-0.2, -0.15) is 0 Å². The number of hydrogen-bond acceptors (Lipinski definition) is 3. The summed E-state index contributed by atoms with van der Waals surface area (Å²) in [6.45, 7) is 0. The van der Waals surface area contributed by atoms with E-state index in [1.165, 1.54) is 4.90 Å². The Hall–Kier alpha value is -2.93. The number of benzene rings is 2. The molecule has 3 aliphatic carbocycles. The van der Waals surface area contributed by atoms with Crippen LogP contribution < -0.4 is 10.6 Å². The van der Waals surface area contributed by atoms with E-state index in [2.05, 4.69) is 38.7 Å². The average Bonchev–Trinajstić information content (AvgIpc) is 3.09. The van der Waals surface area contributed by atoms with Crippen LogP contribution in [0.4, 0.5) is 10.5 Å². The summed E-state index contributed by atoms with van der Waals surface area (Å²) in [4.78, 5) is 41.0. The first-order valence-electron chi connectivity index (χ1n) is 10.9. The van der Waals surface area contributed by atoms with Gasteiger partial charge in [0.1, 0.15) is 6.17 Å². The number of imide groups is 1. The minimum Gasteiger partial charge on any atom is -0.317 e. The molecule has 0 unspecified atom stereocenters. The Kier molecular flexibility index (Phi) is 5.59. The van der Waals surface area contributed by atoms with Crippen molar-refractivity contribution in [1.29, 1.82) is 0 Å². The summed E-state index contributed by atoms with van der Waals surface area (Å²) in [5.74, 6) is -0.713. The van der Waals surface area contributed by atoms with Crippen molar-refractivity contribution in [3.63, 3.8) is 0 Å². The lowest BCUT2D eigenvalue weighted by Gasteiger charge is -2.38. The number of likely N-dealkylation sites (tertiary alicyclic amines) is 1. The maximum absolute atomic E-state index is 13.4. The molecule has 164 valence electrons. The molecule has 0 radical (unpaired) electrons. The van der Waals surface area contributed by atoms with Crippen LogP contribution in [0.1, 0.15) is 18.4 Å². The normalized spacial score (nSPS) is 26.7. The molecule has 0 aromatic heterocycles. The van der Waals surface area contributed by atoms with E-state index in [1.54, 1.807) is 12.1 Å². The van der Waals surface area contributed by atoms with E-state index in [-0.39, 0.29) is 35.5 Å². The number of anilines is 1. The third kappa shape index (κ3) is 3.86. The third-order valence-electron chi connectivity index (χ3n) is 6.78. The summed E-state index contributed by atoms with van der Waals surface area (Å²) >= 11 is 3.38. The highest BCUT2D eigenvalue weighted by Crippen LogP contribution is 2.50. The Morgan fingerprint density at radius 2 is 1.53 bits per heavy atom. The van der Waals surface area contributed by atoms with Gasteiger partial charge in [0.15, 0.2) is 0 Å². The van der Waals surface area contributed by atoms with Crippen molar-refractivity contribution < 1.29 is 14.4 Å². The van der Waals surface area contributed by atoms with Crippen molar-refractivity contribution in [3.8, 4) is 0 Å². The molecule has 1 saturated heterocycles. The zero-order valence-corrected chi connectivity index (χ0v) is 19.0. The first-order valence-corrected chi connectivity index (χ1v) is 11.7. The van der Waals surface area contributed by atoms with Crippen LogP contribution in [-0.4, -0.2) is 28.9 Å². The minimum absolute atomic E-state index is 0.111. The molecule has 7 heteroatoms. The van der Waals surface area contributed by atoms with Crippen molar-refractivity contribution in [2.45, 2.75) is 25.4 Å². The summed E-state index contributed by atoms with van der Waals surface area (Å²) in [7, 11) is 0. The molecular weight excluding hydrogens is 470 g/mol. The van der Waals surface area contributed by atoms with Gasteiger partial charge in [-0.1, -0.05) is 58.4 Å². The summed E-state index contributed by atoms with van der Waals surface area (Å²) in [5, 5.41) is 5.69. The van der Waals surface area contributed by atoms with Crippen molar-refractivity contribution in [2.24, 2.45) is 23.7 Å². The van der Waals surface area contributed by atoms with Gasteiger partial charge >= 0.3 is 6.03 Å². The van der Waals surface area contributed by atoms with Gasteiger partial charge in [-0.25, -0.2) is 4.79 Å². The summed E-state index contributed by atoms with van der Waals surface area (Å²) in [6, 6.07) is 16.4. The van der Waals surface area contributed by atoms with E-state index in [4.69, 9.17) is 0 Å². The van der Waals surface area contributed by atoms with Crippen molar-refractivity contribution >= 4 is 39.5 Å². The number of halogens is 1. The summed E-state index contributed by atoms with van der Waals surface area (Å²) in [5.41, 5.74) is 1.57. The Morgan fingerprint density at radius 1 is 0.938 bits per heavy atom. The molecule has 6 rings (SSSR count). The molecule has 0 spiro atoms. The fourth-order valence-corrected chi connectivity index (χ4v) is 5.56. The largest absolute Gasteiger partial charge is 0.320 e. The standard InChI is InChI=1S/C25H24BrN3O3/c26-18-10-12-19(13-11-18)27-25(32)28-20(14-15-4-2-1-3-5-15)29-23(30)21-16-6-7-17(9-8-16)22(21)24(29)31/h1-7,10-13,16-17,20-22H,8-9,14H2,(H2,27,28,32)/t16-,17-,20-,21-,22-/m0/s1. The van der Waals surface area contributed by atoms with Crippen molar-refractivity contribution in [3.05, 3.63) is 76.8 Å². The molecule has 6 nitrogen and oxygen atoms in total. The second-order valence-corrected chi connectivity index (χ2v) is 9.61. The quantitative estimate of drug-likeness (QED) is 0.480. The van der Waals surface area contributed by atoms with E-state index in [0.29, 0.717) is 12.1 Å². The van der Waals surface area contributed by atoms with Gasteiger partial charge in [-0.05, 0) is 54.5 Å². The number of rotatable bonds is 5. The molecule has 5 atom stereocenters. The van der Waals surface area contributed by atoms with Gasteiger partial charge in [-0.3, -0.25) is 14.5 Å². The number of amides is 4. The highest BCUT2D eigenvalue weighted by atomic mass is 79.9. The van der Waals surface area contributed by atoms with Gasteiger partial charge in [-0.15, -0.1) is 0 Å². The van der Waals surface area contributed by atoms with Crippen molar-refractivity contribution in [2.75, 3.05) is 5.32 Å². The van der Waals surface area contributed by atoms with Gasteiger partial charge < -0.3 is 10.6 Å². The van der Waals surface area contributed by atoms with Crippen molar-refractivity contribution in [1.82, 2.24) is 10.2 Å². The molecular formula is C25H24BrN3O3. The number of urea groups is 1. The van der Waals surface area contributed by atoms with E-state index < -0.39 is 12.2 Å². The lowest BCUT2D eigenvalue weighted by molar-refractivity contribution is -0.143. The Labute approximate surface area is 195 Å². The lowest BCUT2D eigenvalue weighted by atomic mass is 9.63. The molecule has 2 bridgehead atoms. The second-order valence-electron chi connectivity index (χ2n) is 8.70. The fraction of sp³-hybridized carbons (Fsp3) is 0.320. The number of hydrogen-bond donors (Lipinski definition) is 2. The van der Waals surface area contributed by atoms with E-state index in [0.717, 1.165) is 22.9 Å². The molecule has 1 aliphatic heterocycles.